The van der Waals surface area contributed by atoms with E-state index in [2.05, 4.69) is 58.1 Å². The van der Waals surface area contributed by atoms with Crippen molar-refractivity contribution in [2.45, 2.75) is 38.5 Å². The molecule has 1 aliphatic carbocycles. The second-order valence-corrected chi connectivity index (χ2v) is 28.1. The molecule has 0 fully saturated rings. The molecule has 1 rings (SSSR count). The number of hydrogen-bond donors (Lipinski definition) is 0. The molecular weight excluding hydrogens is 301 g/mol. The van der Waals surface area contributed by atoms with Gasteiger partial charge >= 0.3 is 100 Å². The summed E-state index contributed by atoms with van der Waals surface area (Å²) in [6.07, 6.45) is 9.47. The van der Waals surface area contributed by atoms with E-state index in [1.54, 1.807) is 3.88 Å². The Morgan fingerprint density at radius 2 is 1.67 bits per heavy atom. The van der Waals surface area contributed by atoms with Gasteiger partial charge in [-0.2, -0.15) is 0 Å². The average molecular weight is 332 g/mol. The minimum Gasteiger partial charge on any atom is -0.147 e. The van der Waals surface area contributed by atoms with Gasteiger partial charge in [-0.05, 0) is 0 Å². The summed E-state index contributed by atoms with van der Waals surface area (Å²) in [5.41, 5.74) is 0. The summed E-state index contributed by atoms with van der Waals surface area (Å²) < 4.78 is 3.16. The van der Waals surface area contributed by atoms with E-state index in [1.807, 2.05) is 0 Å². The minimum absolute atomic E-state index is 0. The maximum atomic E-state index is 2.59. The van der Waals surface area contributed by atoms with E-state index in [4.69, 9.17) is 0 Å². The third-order valence-electron chi connectivity index (χ3n) is 4.19. The van der Waals surface area contributed by atoms with Gasteiger partial charge in [-0.1, -0.05) is 0 Å². The first-order valence-electron chi connectivity index (χ1n) is 6.53. The molecule has 0 bridgehead atoms. The summed E-state index contributed by atoms with van der Waals surface area (Å²) in [6.45, 7) is 1.22. The molecule has 0 unspecified atom stereocenters. The number of hydrogen-bond acceptors (Lipinski definition) is 1. The van der Waals surface area contributed by atoms with Crippen molar-refractivity contribution in [3.05, 3.63) is 22.1 Å². The second kappa shape index (κ2) is 6.01. The van der Waals surface area contributed by atoms with Gasteiger partial charge in [0.25, 0.3) is 0 Å². The van der Waals surface area contributed by atoms with Crippen molar-refractivity contribution in [3.63, 3.8) is 0 Å². The first-order valence-corrected chi connectivity index (χ1v) is 14.7. The van der Waals surface area contributed by atoms with Crippen molar-refractivity contribution in [3.8, 4) is 0 Å². The summed E-state index contributed by atoms with van der Waals surface area (Å²) in [5.74, 6) is 0. The molecule has 0 saturated heterocycles. The van der Waals surface area contributed by atoms with Crippen LogP contribution in [0, 0.1) is 0 Å². The third kappa shape index (κ3) is 5.80. The Bertz CT molecular complexity index is 335. The Balaban J connectivity index is 0. The van der Waals surface area contributed by atoms with Gasteiger partial charge in [0.1, 0.15) is 0 Å². The van der Waals surface area contributed by atoms with Gasteiger partial charge < -0.3 is 0 Å². The molecule has 110 valence electrons. The van der Waals surface area contributed by atoms with Crippen LogP contribution in [-0.2, 0) is 14.0 Å². The van der Waals surface area contributed by atoms with Crippen LogP contribution < -0.4 is 0 Å². The summed E-state index contributed by atoms with van der Waals surface area (Å²) in [5, 5.41) is 10.4. The number of nitrogens with zero attached hydrogens (tertiary/aromatic N) is 1. The minimum atomic E-state index is -2.84. The number of rotatable bonds is 5. The molecule has 0 atom stereocenters. The zero-order valence-corrected chi connectivity index (χ0v) is 16.0. The second-order valence-electron chi connectivity index (χ2n) is 8.82. The fraction of sp³-hybridized carbons (Fsp3) is 0.714. The summed E-state index contributed by atoms with van der Waals surface area (Å²) in [6, 6.07) is 0. The largest absolute Gasteiger partial charge is 0.147 e. The van der Waals surface area contributed by atoms with Gasteiger partial charge in [0.15, 0.2) is 0 Å². The van der Waals surface area contributed by atoms with Gasteiger partial charge in [-0.15, -0.1) is 24.8 Å². The Labute approximate surface area is 124 Å². The molecule has 0 aliphatic heterocycles. The molecular formula is C14H31Cl2NTi. The molecule has 0 N–H and O–H groups in total. The molecule has 1 aliphatic rings. The Morgan fingerprint density at radius 1 is 1.11 bits per heavy atom. The molecule has 0 amide bonds. The van der Waals surface area contributed by atoms with Crippen molar-refractivity contribution >= 4 is 24.8 Å². The fourth-order valence-electron chi connectivity index (χ4n) is 2.67. The first kappa shape index (κ1) is 21.0. The van der Waals surface area contributed by atoms with E-state index in [1.165, 1.54) is 24.1 Å². The van der Waals surface area contributed by atoms with E-state index in [-0.39, 0.29) is 24.8 Å². The zero-order chi connectivity index (χ0) is 12.5. The van der Waals surface area contributed by atoms with Crippen molar-refractivity contribution in [2.75, 3.05) is 20.6 Å². The van der Waals surface area contributed by atoms with E-state index in [0.29, 0.717) is 0 Å². The molecule has 0 spiro atoms. The standard InChI is InChI=1S/C5H12N.C5H5.4CH3.2ClH.Ti/c1-4-5-6(2)3;1-2-4-5-3-1;;;;;;;/h1,4-5H2,2-3H3;1-3H,4H2;4*1H3;2*1H;. The Hall–Kier alpha value is 0.734. The van der Waals surface area contributed by atoms with Crippen LogP contribution in [0.25, 0.3) is 0 Å². The van der Waals surface area contributed by atoms with Crippen LogP contribution in [0.5, 0.6) is 0 Å². The van der Waals surface area contributed by atoms with Crippen molar-refractivity contribution < 1.29 is 14.0 Å². The summed E-state index contributed by atoms with van der Waals surface area (Å²) in [7, 11) is 4.34. The molecule has 4 heteroatoms. The summed E-state index contributed by atoms with van der Waals surface area (Å²) >= 11 is -2.84. The molecule has 0 aromatic carbocycles. The van der Waals surface area contributed by atoms with Crippen LogP contribution in [0.15, 0.2) is 22.1 Å². The van der Waals surface area contributed by atoms with Gasteiger partial charge in [0, 0.05) is 0 Å². The monoisotopic (exact) mass is 331 g/mol. The smallest absolute Gasteiger partial charge is 0.147 e. The molecule has 18 heavy (non-hydrogen) atoms. The van der Waals surface area contributed by atoms with Crippen molar-refractivity contribution in [1.29, 1.82) is 0 Å². The van der Waals surface area contributed by atoms with Crippen LogP contribution >= 0.6 is 24.8 Å². The van der Waals surface area contributed by atoms with E-state index in [0.717, 1.165) is 0 Å². The predicted molar refractivity (Wildman–Crippen MR) is 87.8 cm³/mol. The van der Waals surface area contributed by atoms with E-state index >= 15 is 0 Å². The van der Waals surface area contributed by atoms with Crippen LogP contribution in [0.2, 0.25) is 25.6 Å². The average Bonchev–Trinajstić information content (AvgIpc) is 2.52. The van der Waals surface area contributed by atoms with E-state index in [9.17, 15) is 0 Å². The van der Waals surface area contributed by atoms with Crippen molar-refractivity contribution in [2.24, 2.45) is 0 Å². The van der Waals surface area contributed by atoms with E-state index < -0.39 is 14.0 Å². The number of allylic oxidation sites excluding steroid dienone is 4. The molecule has 0 heterocycles. The molecule has 1 nitrogen and oxygen atoms in total. The quantitative estimate of drug-likeness (QED) is 0.604. The fourth-order valence-corrected chi connectivity index (χ4v) is 8.96. The van der Waals surface area contributed by atoms with Gasteiger partial charge in [-0.25, -0.2) is 0 Å². The zero-order valence-electron chi connectivity index (χ0n) is 12.8. The Morgan fingerprint density at radius 3 is 2.06 bits per heavy atom. The first-order chi connectivity index (χ1) is 7.04. The molecule has 0 radical (unpaired) electrons. The van der Waals surface area contributed by atoms with Crippen LogP contribution in [0.1, 0.15) is 12.8 Å². The van der Waals surface area contributed by atoms with Gasteiger partial charge in [0.2, 0.25) is 0 Å². The third-order valence-corrected chi connectivity index (χ3v) is 13.6. The maximum absolute atomic E-state index is 2.84. The molecule has 0 aromatic heterocycles. The molecule has 0 aromatic rings. The maximum Gasteiger partial charge on any atom is -0.147 e. The summed E-state index contributed by atoms with van der Waals surface area (Å²) in [4.78, 5) is 2.30. The predicted octanol–water partition coefficient (Wildman–Crippen LogP) is 5.46. The molecule has 0 saturated carbocycles. The normalized spacial score (nSPS) is 18.5. The number of halogens is 2. The van der Waals surface area contributed by atoms with Gasteiger partial charge in [0.05, 0.1) is 0 Å². The topological polar surface area (TPSA) is 3.24 Å². The van der Waals surface area contributed by atoms with Crippen LogP contribution in [0.4, 0.5) is 0 Å². The van der Waals surface area contributed by atoms with Crippen LogP contribution in [-0.4, -0.2) is 25.5 Å². The van der Waals surface area contributed by atoms with Crippen molar-refractivity contribution in [1.82, 2.24) is 4.90 Å². The van der Waals surface area contributed by atoms with Crippen LogP contribution in [0.3, 0.4) is 0 Å². The SMILES string of the molecule is CN(C)CC[CH2][Ti]([CH3])([CH3])([CH3])([CH3])[C]1=CC=CC1.Cl.Cl. The van der Waals surface area contributed by atoms with Gasteiger partial charge in [-0.3, -0.25) is 0 Å². The Kier molecular flexibility index (Phi) is 7.03.